The van der Waals surface area contributed by atoms with E-state index in [4.69, 9.17) is 4.74 Å². The summed E-state index contributed by atoms with van der Waals surface area (Å²) >= 11 is 0. The van der Waals surface area contributed by atoms with Crippen molar-refractivity contribution in [2.75, 3.05) is 39.0 Å². The Bertz CT molecular complexity index is 540. The van der Waals surface area contributed by atoms with Crippen LogP contribution in [0.1, 0.15) is 32.6 Å². The first kappa shape index (κ1) is 18.2. The number of rotatable bonds is 4. The van der Waals surface area contributed by atoms with Crippen LogP contribution in [0.15, 0.2) is 0 Å². The number of amides is 1. The third-order valence-electron chi connectivity index (χ3n) is 4.63. The molecule has 0 saturated carbocycles. The lowest BCUT2D eigenvalue weighted by Crippen LogP contribution is -2.48. The van der Waals surface area contributed by atoms with E-state index >= 15 is 0 Å². The van der Waals surface area contributed by atoms with E-state index in [0.29, 0.717) is 45.6 Å². The Hall–Kier alpha value is -1.15. The lowest BCUT2D eigenvalue weighted by atomic mass is 9.93. The van der Waals surface area contributed by atoms with Crippen LogP contribution in [-0.2, 0) is 24.3 Å². The molecule has 2 aliphatic heterocycles. The molecule has 0 bridgehead atoms. The standard InChI is InChI=1S/C15H26N2O5S/c1-3-22-15(19)13-5-4-8-16(11-13)14(18)12-6-9-17(10-7-12)23(2,20)21/h12-13H,3-11H2,1-2H3. The van der Waals surface area contributed by atoms with Crippen molar-refractivity contribution in [1.29, 1.82) is 0 Å². The van der Waals surface area contributed by atoms with E-state index in [1.54, 1.807) is 11.8 Å². The normalized spacial score (nSPS) is 24.4. The number of sulfonamides is 1. The first-order valence-corrected chi connectivity index (χ1v) is 10.1. The van der Waals surface area contributed by atoms with Crippen molar-refractivity contribution >= 4 is 21.9 Å². The quantitative estimate of drug-likeness (QED) is 0.691. The number of hydrogen-bond donors (Lipinski definition) is 0. The monoisotopic (exact) mass is 346 g/mol. The topological polar surface area (TPSA) is 84.0 Å². The summed E-state index contributed by atoms with van der Waals surface area (Å²) in [5.41, 5.74) is 0. The van der Waals surface area contributed by atoms with E-state index < -0.39 is 10.0 Å². The Morgan fingerprint density at radius 2 is 1.74 bits per heavy atom. The van der Waals surface area contributed by atoms with Gasteiger partial charge in [0.15, 0.2) is 0 Å². The Morgan fingerprint density at radius 3 is 2.30 bits per heavy atom. The minimum atomic E-state index is -3.18. The molecule has 23 heavy (non-hydrogen) atoms. The van der Waals surface area contributed by atoms with Crippen molar-refractivity contribution < 1.29 is 22.7 Å². The van der Waals surface area contributed by atoms with Crippen LogP contribution >= 0.6 is 0 Å². The largest absolute Gasteiger partial charge is 0.466 e. The maximum Gasteiger partial charge on any atom is 0.310 e. The van der Waals surface area contributed by atoms with Crippen molar-refractivity contribution in [3.8, 4) is 0 Å². The average Bonchev–Trinajstić information content (AvgIpc) is 2.54. The number of carbonyl (C=O) groups is 2. The van der Waals surface area contributed by atoms with Gasteiger partial charge in [-0.3, -0.25) is 9.59 Å². The molecule has 1 unspecified atom stereocenters. The third kappa shape index (κ3) is 4.67. The van der Waals surface area contributed by atoms with Gasteiger partial charge in [-0.1, -0.05) is 0 Å². The van der Waals surface area contributed by atoms with E-state index in [1.807, 2.05) is 0 Å². The number of esters is 1. The molecule has 0 aliphatic carbocycles. The highest BCUT2D eigenvalue weighted by Gasteiger charge is 2.35. The summed E-state index contributed by atoms with van der Waals surface area (Å²) in [6, 6.07) is 0. The van der Waals surface area contributed by atoms with Gasteiger partial charge in [-0.2, -0.15) is 0 Å². The van der Waals surface area contributed by atoms with Crippen molar-refractivity contribution in [2.24, 2.45) is 11.8 Å². The zero-order valence-electron chi connectivity index (χ0n) is 13.9. The predicted molar refractivity (Wildman–Crippen MR) is 85.1 cm³/mol. The second-order valence-electron chi connectivity index (χ2n) is 6.31. The summed E-state index contributed by atoms with van der Waals surface area (Å²) in [5, 5.41) is 0. The number of carbonyl (C=O) groups excluding carboxylic acids is 2. The van der Waals surface area contributed by atoms with E-state index in [9.17, 15) is 18.0 Å². The molecule has 0 N–H and O–H groups in total. The van der Waals surface area contributed by atoms with E-state index in [2.05, 4.69) is 0 Å². The maximum atomic E-state index is 12.6. The Labute approximate surface area is 138 Å². The SMILES string of the molecule is CCOC(=O)C1CCCN(C(=O)C2CCN(S(C)(=O)=O)CC2)C1. The van der Waals surface area contributed by atoms with Gasteiger partial charge in [0.2, 0.25) is 15.9 Å². The molecular formula is C15H26N2O5S. The number of piperidine rings is 2. The van der Waals surface area contributed by atoms with Gasteiger partial charge in [0.25, 0.3) is 0 Å². The molecule has 0 aromatic heterocycles. The molecular weight excluding hydrogens is 320 g/mol. The summed E-state index contributed by atoms with van der Waals surface area (Å²) in [6.45, 7) is 4.01. The summed E-state index contributed by atoms with van der Waals surface area (Å²) in [4.78, 5) is 26.3. The Balaban J connectivity index is 1.89. The van der Waals surface area contributed by atoms with Crippen LogP contribution < -0.4 is 0 Å². The van der Waals surface area contributed by atoms with Gasteiger partial charge in [-0.25, -0.2) is 12.7 Å². The molecule has 1 amide bonds. The molecule has 0 aromatic carbocycles. The van der Waals surface area contributed by atoms with Gasteiger partial charge >= 0.3 is 5.97 Å². The lowest BCUT2D eigenvalue weighted by Gasteiger charge is -2.36. The Kier molecular flexibility index (Phi) is 6.02. The molecule has 2 saturated heterocycles. The summed E-state index contributed by atoms with van der Waals surface area (Å²) < 4.78 is 29.5. The fourth-order valence-corrected chi connectivity index (χ4v) is 4.20. The molecule has 8 heteroatoms. The Morgan fingerprint density at radius 1 is 1.09 bits per heavy atom. The molecule has 2 rings (SSSR count). The zero-order valence-corrected chi connectivity index (χ0v) is 14.7. The molecule has 7 nitrogen and oxygen atoms in total. The molecule has 0 spiro atoms. The highest BCUT2D eigenvalue weighted by molar-refractivity contribution is 7.88. The lowest BCUT2D eigenvalue weighted by molar-refractivity contribution is -0.152. The molecule has 0 radical (unpaired) electrons. The third-order valence-corrected chi connectivity index (χ3v) is 5.93. The van der Waals surface area contributed by atoms with Crippen LogP contribution in [0.25, 0.3) is 0 Å². The summed E-state index contributed by atoms with van der Waals surface area (Å²) in [5.74, 6) is -0.554. The van der Waals surface area contributed by atoms with Crippen LogP contribution in [-0.4, -0.2) is 68.5 Å². The second-order valence-corrected chi connectivity index (χ2v) is 8.29. The van der Waals surface area contributed by atoms with Gasteiger partial charge in [-0.05, 0) is 32.6 Å². The predicted octanol–water partition coefficient (Wildman–Crippen LogP) is 0.460. The van der Waals surface area contributed by atoms with E-state index in [-0.39, 0.29) is 23.7 Å². The van der Waals surface area contributed by atoms with Gasteiger partial charge in [0.05, 0.1) is 18.8 Å². The fourth-order valence-electron chi connectivity index (χ4n) is 3.32. The van der Waals surface area contributed by atoms with Crippen LogP contribution in [0.3, 0.4) is 0 Å². The van der Waals surface area contributed by atoms with Crippen LogP contribution in [0.5, 0.6) is 0 Å². The molecule has 132 valence electrons. The van der Waals surface area contributed by atoms with Crippen molar-refractivity contribution in [3.63, 3.8) is 0 Å². The van der Waals surface area contributed by atoms with Gasteiger partial charge in [0.1, 0.15) is 0 Å². The molecule has 2 aliphatic rings. The van der Waals surface area contributed by atoms with Gasteiger partial charge in [0, 0.05) is 32.1 Å². The van der Waals surface area contributed by atoms with Gasteiger partial charge < -0.3 is 9.64 Å². The second kappa shape index (κ2) is 7.61. The number of ether oxygens (including phenoxy) is 1. The van der Waals surface area contributed by atoms with Crippen molar-refractivity contribution in [3.05, 3.63) is 0 Å². The van der Waals surface area contributed by atoms with Crippen LogP contribution in [0.2, 0.25) is 0 Å². The molecule has 2 heterocycles. The van der Waals surface area contributed by atoms with Crippen molar-refractivity contribution in [1.82, 2.24) is 9.21 Å². The number of nitrogens with zero attached hydrogens (tertiary/aromatic N) is 2. The van der Waals surface area contributed by atoms with Crippen LogP contribution in [0, 0.1) is 11.8 Å². The average molecular weight is 346 g/mol. The zero-order chi connectivity index (χ0) is 17.0. The number of likely N-dealkylation sites (tertiary alicyclic amines) is 1. The summed E-state index contributed by atoms with van der Waals surface area (Å²) in [7, 11) is -3.18. The highest BCUT2D eigenvalue weighted by atomic mass is 32.2. The first-order chi connectivity index (χ1) is 10.8. The molecule has 2 fully saturated rings. The van der Waals surface area contributed by atoms with Crippen LogP contribution in [0.4, 0.5) is 0 Å². The molecule has 1 atom stereocenters. The number of hydrogen-bond acceptors (Lipinski definition) is 5. The van der Waals surface area contributed by atoms with Gasteiger partial charge in [-0.15, -0.1) is 0 Å². The van der Waals surface area contributed by atoms with E-state index in [1.165, 1.54) is 10.6 Å². The maximum absolute atomic E-state index is 12.6. The highest BCUT2D eigenvalue weighted by Crippen LogP contribution is 2.25. The molecule has 0 aromatic rings. The minimum Gasteiger partial charge on any atom is -0.466 e. The minimum absolute atomic E-state index is 0.0483. The summed E-state index contributed by atoms with van der Waals surface area (Å²) in [6.07, 6.45) is 3.86. The van der Waals surface area contributed by atoms with Crippen molar-refractivity contribution in [2.45, 2.75) is 32.6 Å². The fraction of sp³-hybridized carbons (Fsp3) is 0.867. The van der Waals surface area contributed by atoms with E-state index in [0.717, 1.165) is 12.8 Å². The smallest absolute Gasteiger partial charge is 0.310 e. The first-order valence-electron chi connectivity index (χ1n) is 8.23.